The Labute approximate surface area is 103 Å². The van der Waals surface area contributed by atoms with Crippen LogP contribution in [0.1, 0.15) is 52.4 Å². The number of carboxylic acids is 1. The highest BCUT2D eigenvalue weighted by atomic mass is 16.4. The minimum atomic E-state index is -1.65. The molecule has 3 N–H and O–H groups in total. The Morgan fingerprint density at radius 2 is 1.94 bits per heavy atom. The van der Waals surface area contributed by atoms with Gasteiger partial charge in [0.2, 0.25) is 0 Å². The molecule has 17 heavy (non-hydrogen) atoms. The van der Waals surface area contributed by atoms with E-state index in [1.165, 1.54) is 32.6 Å². The van der Waals surface area contributed by atoms with Crippen LogP contribution >= 0.6 is 0 Å². The number of nitrogens with one attached hydrogen (secondary N) is 1. The predicted molar refractivity (Wildman–Crippen MR) is 66.9 cm³/mol. The summed E-state index contributed by atoms with van der Waals surface area (Å²) in [5.74, 6) is -0.317. The summed E-state index contributed by atoms with van der Waals surface area (Å²) in [5.41, 5.74) is -1.65. The summed E-state index contributed by atoms with van der Waals surface area (Å²) in [6, 6.07) is 0.369. The fourth-order valence-corrected chi connectivity index (χ4v) is 2.48. The van der Waals surface area contributed by atoms with E-state index in [9.17, 15) is 9.90 Å². The molecule has 1 unspecified atom stereocenters. The molecule has 4 nitrogen and oxygen atoms in total. The molecule has 100 valence electrons. The molecule has 1 rings (SSSR count). The van der Waals surface area contributed by atoms with Gasteiger partial charge in [0.15, 0.2) is 5.60 Å². The summed E-state index contributed by atoms with van der Waals surface area (Å²) in [5, 5.41) is 21.6. The van der Waals surface area contributed by atoms with Crippen molar-refractivity contribution in [1.82, 2.24) is 5.32 Å². The molecular weight excluding hydrogens is 218 g/mol. The van der Waals surface area contributed by atoms with Gasteiger partial charge in [0.25, 0.3) is 0 Å². The highest BCUT2D eigenvalue weighted by Gasteiger charge is 2.31. The largest absolute Gasteiger partial charge is 0.479 e. The summed E-state index contributed by atoms with van der Waals surface area (Å²) >= 11 is 0. The monoisotopic (exact) mass is 243 g/mol. The second-order valence-electron chi connectivity index (χ2n) is 5.47. The minimum Gasteiger partial charge on any atom is -0.479 e. The van der Waals surface area contributed by atoms with Gasteiger partial charge in [0, 0.05) is 12.6 Å². The Bertz CT molecular complexity index is 245. The fraction of sp³-hybridized carbons (Fsp3) is 0.923. The van der Waals surface area contributed by atoms with E-state index in [4.69, 9.17) is 5.11 Å². The van der Waals surface area contributed by atoms with Gasteiger partial charge in [-0.1, -0.05) is 19.8 Å². The molecule has 0 saturated heterocycles. The molecule has 0 radical (unpaired) electrons. The topological polar surface area (TPSA) is 69.6 Å². The van der Waals surface area contributed by atoms with Crippen LogP contribution in [0.15, 0.2) is 0 Å². The van der Waals surface area contributed by atoms with Crippen molar-refractivity contribution in [2.45, 2.75) is 64.0 Å². The van der Waals surface area contributed by atoms with Gasteiger partial charge >= 0.3 is 5.97 Å². The van der Waals surface area contributed by atoms with E-state index in [0.29, 0.717) is 6.04 Å². The summed E-state index contributed by atoms with van der Waals surface area (Å²) in [6.45, 7) is 3.69. The van der Waals surface area contributed by atoms with Crippen molar-refractivity contribution < 1.29 is 15.0 Å². The van der Waals surface area contributed by atoms with Gasteiger partial charge in [-0.05, 0) is 38.5 Å². The maximum atomic E-state index is 10.7. The van der Waals surface area contributed by atoms with Gasteiger partial charge in [0.1, 0.15) is 0 Å². The van der Waals surface area contributed by atoms with E-state index in [1.54, 1.807) is 0 Å². The molecule has 0 aromatic rings. The lowest BCUT2D eigenvalue weighted by Crippen LogP contribution is -2.48. The van der Waals surface area contributed by atoms with E-state index in [1.807, 2.05) is 0 Å². The number of aliphatic carboxylic acids is 1. The normalized spacial score (nSPS) is 28.6. The zero-order valence-corrected chi connectivity index (χ0v) is 10.9. The van der Waals surface area contributed by atoms with E-state index in [2.05, 4.69) is 12.2 Å². The maximum Gasteiger partial charge on any atom is 0.336 e. The molecule has 0 spiro atoms. The molecule has 0 aromatic heterocycles. The second-order valence-corrected chi connectivity index (χ2v) is 5.47. The standard InChI is InChI=1S/C13H25NO3/c1-3-4-10-5-7-11(8-6-10)14-9-13(2,17)12(15)16/h10-11,14,17H,3-9H2,1-2H3,(H,15,16). The first-order valence-corrected chi connectivity index (χ1v) is 6.65. The zero-order chi connectivity index (χ0) is 12.9. The van der Waals surface area contributed by atoms with Crippen LogP contribution in [0.4, 0.5) is 0 Å². The Balaban J connectivity index is 2.25. The number of rotatable bonds is 6. The zero-order valence-electron chi connectivity index (χ0n) is 10.9. The van der Waals surface area contributed by atoms with Crippen LogP contribution < -0.4 is 5.32 Å². The predicted octanol–water partition coefficient (Wildman–Crippen LogP) is 1.77. The van der Waals surface area contributed by atoms with Gasteiger partial charge in [-0.15, -0.1) is 0 Å². The number of hydrogen-bond acceptors (Lipinski definition) is 3. The highest BCUT2D eigenvalue weighted by Crippen LogP contribution is 2.27. The average molecular weight is 243 g/mol. The van der Waals surface area contributed by atoms with Crippen molar-refractivity contribution in [1.29, 1.82) is 0 Å². The Morgan fingerprint density at radius 1 is 1.35 bits per heavy atom. The van der Waals surface area contributed by atoms with Crippen LogP contribution in [0.25, 0.3) is 0 Å². The first kappa shape index (κ1) is 14.5. The molecule has 1 atom stereocenters. The van der Waals surface area contributed by atoms with Crippen molar-refractivity contribution in [3.63, 3.8) is 0 Å². The maximum absolute atomic E-state index is 10.7. The molecule has 0 aliphatic heterocycles. The molecule has 1 aliphatic rings. The molecule has 1 saturated carbocycles. The molecular formula is C13H25NO3. The Kier molecular flexibility index (Phi) is 5.40. The van der Waals surface area contributed by atoms with E-state index < -0.39 is 11.6 Å². The fourth-order valence-electron chi connectivity index (χ4n) is 2.48. The van der Waals surface area contributed by atoms with Crippen molar-refractivity contribution in [3.05, 3.63) is 0 Å². The smallest absolute Gasteiger partial charge is 0.336 e. The molecule has 1 aliphatic carbocycles. The lowest BCUT2D eigenvalue weighted by molar-refractivity contribution is -0.156. The number of aliphatic hydroxyl groups is 1. The van der Waals surface area contributed by atoms with Crippen LogP contribution in [0.3, 0.4) is 0 Å². The van der Waals surface area contributed by atoms with E-state index in [-0.39, 0.29) is 6.54 Å². The van der Waals surface area contributed by atoms with E-state index >= 15 is 0 Å². The van der Waals surface area contributed by atoms with Crippen LogP contribution in [0.2, 0.25) is 0 Å². The molecule has 0 aromatic carbocycles. The third-order valence-electron chi connectivity index (χ3n) is 3.74. The van der Waals surface area contributed by atoms with Gasteiger partial charge in [0.05, 0.1) is 0 Å². The van der Waals surface area contributed by atoms with Crippen LogP contribution in [0, 0.1) is 5.92 Å². The molecule has 4 heteroatoms. The van der Waals surface area contributed by atoms with Crippen LogP contribution in [-0.2, 0) is 4.79 Å². The Hall–Kier alpha value is -0.610. The quantitative estimate of drug-likeness (QED) is 0.665. The summed E-state index contributed by atoms with van der Waals surface area (Å²) in [4.78, 5) is 10.7. The van der Waals surface area contributed by atoms with Crippen molar-refractivity contribution in [3.8, 4) is 0 Å². The third kappa shape index (κ3) is 4.64. The Morgan fingerprint density at radius 3 is 2.41 bits per heavy atom. The second kappa shape index (κ2) is 6.36. The van der Waals surface area contributed by atoms with Gasteiger partial charge in [-0.2, -0.15) is 0 Å². The molecule has 0 amide bonds. The van der Waals surface area contributed by atoms with Gasteiger partial charge in [-0.3, -0.25) is 0 Å². The molecule has 0 heterocycles. The average Bonchev–Trinajstić information content (AvgIpc) is 2.28. The SMILES string of the molecule is CCCC1CCC(NCC(C)(O)C(=O)O)CC1. The van der Waals surface area contributed by atoms with Crippen LogP contribution in [0.5, 0.6) is 0 Å². The van der Waals surface area contributed by atoms with Gasteiger partial charge < -0.3 is 15.5 Å². The molecule has 0 bridgehead atoms. The van der Waals surface area contributed by atoms with E-state index in [0.717, 1.165) is 18.8 Å². The third-order valence-corrected chi connectivity index (χ3v) is 3.74. The summed E-state index contributed by atoms with van der Waals surface area (Å²) in [6.07, 6.45) is 7.19. The number of carbonyl (C=O) groups is 1. The highest BCUT2D eigenvalue weighted by molar-refractivity contribution is 5.76. The lowest BCUT2D eigenvalue weighted by Gasteiger charge is -2.30. The van der Waals surface area contributed by atoms with Gasteiger partial charge in [-0.25, -0.2) is 4.79 Å². The van der Waals surface area contributed by atoms with Crippen LogP contribution in [-0.4, -0.2) is 34.4 Å². The minimum absolute atomic E-state index is 0.130. The summed E-state index contributed by atoms with van der Waals surface area (Å²) in [7, 11) is 0. The number of carboxylic acid groups (broad SMARTS) is 1. The van der Waals surface area contributed by atoms with Crippen molar-refractivity contribution in [2.24, 2.45) is 5.92 Å². The van der Waals surface area contributed by atoms with Crippen molar-refractivity contribution >= 4 is 5.97 Å². The lowest BCUT2D eigenvalue weighted by atomic mass is 9.83. The molecule has 1 fully saturated rings. The number of hydrogen-bond donors (Lipinski definition) is 3. The summed E-state index contributed by atoms with van der Waals surface area (Å²) < 4.78 is 0. The first-order valence-electron chi connectivity index (χ1n) is 6.65. The van der Waals surface area contributed by atoms with Crippen molar-refractivity contribution in [2.75, 3.05) is 6.54 Å². The first-order chi connectivity index (χ1) is 7.95.